The number of ether oxygens (including phenoxy) is 2. The Morgan fingerprint density at radius 3 is 2.88 bits per heavy atom. The van der Waals surface area contributed by atoms with Gasteiger partial charge >= 0.3 is 0 Å². The van der Waals surface area contributed by atoms with Gasteiger partial charge in [-0.15, -0.1) is 23.5 Å². The molecule has 1 aliphatic heterocycles. The second kappa shape index (κ2) is 10.1. The molecule has 2 aromatic carbocycles. The third kappa shape index (κ3) is 5.35. The van der Waals surface area contributed by atoms with Crippen molar-refractivity contribution < 1.29 is 9.47 Å². The van der Waals surface area contributed by atoms with Crippen LogP contribution in [0.3, 0.4) is 0 Å². The summed E-state index contributed by atoms with van der Waals surface area (Å²) in [5, 5.41) is 3.72. The Balaban J connectivity index is 1.47. The average molecular weight is 390 g/mol. The molecule has 0 bridgehead atoms. The minimum atomic E-state index is 0.387. The summed E-state index contributed by atoms with van der Waals surface area (Å²) in [4.78, 5) is 2.47. The Bertz CT molecular complexity index is 668. The van der Waals surface area contributed by atoms with Crippen LogP contribution < -0.4 is 14.8 Å². The van der Waals surface area contributed by atoms with E-state index >= 15 is 0 Å². The molecule has 0 spiro atoms. The minimum Gasteiger partial charge on any atom is -0.496 e. The Morgan fingerprint density at radius 1 is 1.23 bits per heavy atom. The van der Waals surface area contributed by atoms with E-state index < -0.39 is 0 Å². The van der Waals surface area contributed by atoms with Gasteiger partial charge in [0.2, 0.25) is 0 Å². The van der Waals surface area contributed by atoms with E-state index in [2.05, 4.69) is 42.6 Å². The van der Waals surface area contributed by atoms with E-state index in [4.69, 9.17) is 9.47 Å². The SMILES string of the molecule is CC[C@H](CN[C@@H]1COc2ccccc2SC1)CSc1ccccc1OC. The largest absolute Gasteiger partial charge is 0.496 e. The molecule has 0 saturated heterocycles. The van der Waals surface area contributed by atoms with Crippen LogP contribution in [0.15, 0.2) is 58.3 Å². The lowest BCUT2D eigenvalue weighted by Crippen LogP contribution is -2.39. The van der Waals surface area contributed by atoms with Crippen molar-refractivity contribution in [2.24, 2.45) is 5.92 Å². The van der Waals surface area contributed by atoms with Gasteiger partial charge in [-0.1, -0.05) is 37.6 Å². The van der Waals surface area contributed by atoms with E-state index in [1.54, 1.807) is 7.11 Å². The fourth-order valence-corrected chi connectivity index (χ4v) is 5.11. The summed E-state index contributed by atoms with van der Waals surface area (Å²) in [6.07, 6.45) is 1.16. The lowest BCUT2D eigenvalue weighted by Gasteiger charge is -2.21. The van der Waals surface area contributed by atoms with Crippen LogP contribution in [0.2, 0.25) is 0 Å². The fourth-order valence-electron chi connectivity index (χ4n) is 2.84. The Morgan fingerprint density at radius 2 is 2.04 bits per heavy atom. The van der Waals surface area contributed by atoms with Gasteiger partial charge in [-0.2, -0.15) is 0 Å². The van der Waals surface area contributed by atoms with Crippen LogP contribution in [-0.4, -0.2) is 37.8 Å². The van der Waals surface area contributed by atoms with E-state index in [0.29, 0.717) is 12.0 Å². The second-order valence-corrected chi connectivity index (χ2v) is 8.53. The molecule has 3 rings (SSSR count). The standard InChI is InChI=1S/C21H27NO2S2/c1-3-16(14-25-20-10-6-4-8-18(20)23-2)12-22-17-13-24-19-9-5-7-11-21(19)26-15-17/h4-11,16-17,22H,3,12-15H2,1-2H3/t16-,17-/m1/s1. The maximum atomic E-state index is 5.98. The minimum absolute atomic E-state index is 0.387. The molecule has 0 aliphatic carbocycles. The first kappa shape index (κ1) is 19.5. The predicted octanol–water partition coefficient (Wildman–Crippen LogP) is 4.96. The molecule has 0 unspecified atom stereocenters. The van der Waals surface area contributed by atoms with Crippen LogP contribution in [-0.2, 0) is 0 Å². The van der Waals surface area contributed by atoms with E-state index in [1.165, 1.54) is 9.79 Å². The smallest absolute Gasteiger partial charge is 0.132 e. The van der Waals surface area contributed by atoms with E-state index in [-0.39, 0.29) is 0 Å². The van der Waals surface area contributed by atoms with Crippen molar-refractivity contribution in [2.45, 2.75) is 29.2 Å². The van der Waals surface area contributed by atoms with Crippen molar-refractivity contribution in [1.29, 1.82) is 0 Å². The summed E-state index contributed by atoms with van der Waals surface area (Å²) >= 11 is 3.77. The second-order valence-electron chi connectivity index (χ2n) is 6.41. The van der Waals surface area contributed by atoms with E-state index in [9.17, 15) is 0 Å². The van der Waals surface area contributed by atoms with Gasteiger partial charge in [0.1, 0.15) is 18.1 Å². The normalized spacial score (nSPS) is 17.7. The molecule has 0 fully saturated rings. The quantitative estimate of drug-likeness (QED) is 0.645. The molecule has 5 heteroatoms. The molecular weight excluding hydrogens is 362 g/mol. The zero-order valence-electron chi connectivity index (χ0n) is 15.4. The number of rotatable bonds is 8. The highest BCUT2D eigenvalue weighted by molar-refractivity contribution is 7.99. The molecule has 1 N–H and O–H groups in total. The number of thioether (sulfide) groups is 2. The summed E-state index contributed by atoms with van der Waals surface area (Å²) in [5.74, 6) is 4.74. The maximum Gasteiger partial charge on any atom is 0.132 e. The zero-order chi connectivity index (χ0) is 18.2. The highest BCUT2D eigenvalue weighted by Crippen LogP contribution is 2.32. The van der Waals surface area contributed by atoms with Crippen molar-refractivity contribution in [3.05, 3.63) is 48.5 Å². The molecule has 0 radical (unpaired) electrons. The Hall–Kier alpha value is -1.30. The van der Waals surface area contributed by atoms with Crippen LogP contribution >= 0.6 is 23.5 Å². The van der Waals surface area contributed by atoms with E-state index in [1.807, 2.05) is 41.7 Å². The van der Waals surface area contributed by atoms with Crippen LogP contribution in [0, 0.1) is 5.92 Å². The molecular formula is C21H27NO2S2. The van der Waals surface area contributed by atoms with Crippen LogP contribution in [0.4, 0.5) is 0 Å². The molecule has 0 saturated carbocycles. The molecule has 2 atom stereocenters. The van der Waals surface area contributed by atoms with Crippen LogP contribution in [0.5, 0.6) is 11.5 Å². The molecule has 3 nitrogen and oxygen atoms in total. The molecule has 0 aromatic heterocycles. The topological polar surface area (TPSA) is 30.5 Å². The average Bonchev–Trinajstić information content (AvgIpc) is 2.91. The third-order valence-corrected chi connectivity index (χ3v) is 7.05. The number of fused-ring (bicyclic) bond motifs is 1. The first-order valence-electron chi connectivity index (χ1n) is 9.14. The Labute approximate surface area is 165 Å². The van der Waals surface area contributed by atoms with Gasteiger partial charge < -0.3 is 14.8 Å². The monoisotopic (exact) mass is 389 g/mol. The predicted molar refractivity (Wildman–Crippen MR) is 112 cm³/mol. The zero-order valence-corrected chi connectivity index (χ0v) is 17.1. The van der Waals surface area contributed by atoms with Gasteiger partial charge in [0.15, 0.2) is 0 Å². The molecule has 26 heavy (non-hydrogen) atoms. The number of hydrogen-bond acceptors (Lipinski definition) is 5. The third-order valence-electron chi connectivity index (χ3n) is 4.55. The first-order valence-corrected chi connectivity index (χ1v) is 11.1. The number of para-hydroxylation sites is 2. The highest BCUT2D eigenvalue weighted by atomic mass is 32.2. The Kier molecular flexibility index (Phi) is 7.59. The summed E-state index contributed by atoms with van der Waals surface area (Å²) in [5.41, 5.74) is 0. The molecule has 0 amide bonds. The van der Waals surface area contributed by atoms with E-state index in [0.717, 1.165) is 42.6 Å². The van der Waals surface area contributed by atoms with Crippen molar-refractivity contribution >= 4 is 23.5 Å². The number of methoxy groups -OCH3 is 1. The van der Waals surface area contributed by atoms with Gasteiger partial charge in [0.25, 0.3) is 0 Å². The van der Waals surface area contributed by atoms with Crippen molar-refractivity contribution in [3.8, 4) is 11.5 Å². The van der Waals surface area contributed by atoms with Crippen LogP contribution in [0.25, 0.3) is 0 Å². The lowest BCUT2D eigenvalue weighted by atomic mass is 10.1. The van der Waals surface area contributed by atoms with Gasteiger partial charge in [-0.25, -0.2) is 0 Å². The molecule has 140 valence electrons. The van der Waals surface area contributed by atoms with Gasteiger partial charge in [0, 0.05) is 21.3 Å². The summed E-state index contributed by atoms with van der Waals surface area (Å²) < 4.78 is 11.4. The first-order chi connectivity index (χ1) is 12.8. The number of hydrogen-bond donors (Lipinski definition) is 1. The van der Waals surface area contributed by atoms with Crippen molar-refractivity contribution in [2.75, 3.05) is 31.8 Å². The fraction of sp³-hybridized carbons (Fsp3) is 0.429. The number of nitrogens with one attached hydrogen (secondary N) is 1. The van der Waals surface area contributed by atoms with Gasteiger partial charge in [-0.3, -0.25) is 0 Å². The van der Waals surface area contributed by atoms with Crippen molar-refractivity contribution in [3.63, 3.8) is 0 Å². The lowest BCUT2D eigenvalue weighted by molar-refractivity contribution is 0.268. The molecule has 1 heterocycles. The van der Waals surface area contributed by atoms with Gasteiger partial charge in [0.05, 0.1) is 13.2 Å². The van der Waals surface area contributed by atoms with Gasteiger partial charge in [-0.05, 0) is 36.7 Å². The highest BCUT2D eigenvalue weighted by Gasteiger charge is 2.18. The van der Waals surface area contributed by atoms with Crippen LogP contribution in [0.1, 0.15) is 13.3 Å². The summed E-state index contributed by atoms with van der Waals surface area (Å²) in [6.45, 7) is 4.02. The summed E-state index contributed by atoms with van der Waals surface area (Å²) in [7, 11) is 1.74. The molecule has 2 aromatic rings. The maximum absolute atomic E-state index is 5.98. The number of benzene rings is 2. The summed E-state index contributed by atoms with van der Waals surface area (Å²) in [6, 6.07) is 16.9. The van der Waals surface area contributed by atoms with Crippen molar-refractivity contribution in [1.82, 2.24) is 5.32 Å². The molecule has 1 aliphatic rings.